The van der Waals surface area contributed by atoms with Crippen LogP contribution in [0.25, 0.3) is 0 Å². The molecule has 6 nitrogen and oxygen atoms in total. The minimum Gasteiger partial charge on any atom is -0.381 e. The second-order valence-electron chi connectivity index (χ2n) is 7.68. The van der Waals surface area contributed by atoms with Gasteiger partial charge in [0, 0.05) is 44.7 Å². The van der Waals surface area contributed by atoms with Crippen molar-refractivity contribution in [2.75, 3.05) is 32.8 Å². The molecule has 3 aliphatic rings. The molecule has 1 aromatic rings. The number of rotatable bonds is 5. The number of piperidine rings is 1. The van der Waals surface area contributed by atoms with E-state index in [9.17, 15) is 4.79 Å². The van der Waals surface area contributed by atoms with Crippen molar-refractivity contribution < 1.29 is 14.3 Å². The van der Waals surface area contributed by atoms with E-state index in [0.717, 1.165) is 58.4 Å². The van der Waals surface area contributed by atoms with Crippen molar-refractivity contribution in [3.8, 4) is 0 Å². The molecule has 3 aliphatic heterocycles. The fraction of sp³-hybridized carbons (Fsp3) is 0.700. The highest BCUT2D eigenvalue weighted by atomic mass is 16.5. The Morgan fingerprint density at radius 3 is 2.85 bits per heavy atom. The van der Waals surface area contributed by atoms with Gasteiger partial charge in [0.15, 0.2) is 0 Å². The van der Waals surface area contributed by atoms with Crippen LogP contribution in [-0.2, 0) is 20.7 Å². The zero-order chi connectivity index (χ0) is 17.8. The number of fused-ring (bicyclic) bond motifs is 1. The fourth-order valence-corrected chi connectivity index (χ4v) is 4.50. The Kier molecular flexibility index (Phi) is 5.82. The summed E-state index contributed by atoms with van der Waals surface area (Å²) in [4.78, 5) is 19.1. The predicted molar refractivity (Wildman–Crippen MR) is 97.7 cm³/mol. The van der Waals surface area contributed by atoms with Crippen molar-refractivity contribution in [2.45, 2.75) is 50.4 Å². The second kappa shape index (κ2) is 8.46. The van der Waals surface area contributed by atoms with Crippen LogP contribution in [0.15, 0.2) is 24.5 Å². The average Bonchev–Trinajstić information content (AvgIpc) is 3.13. The van der Waals surface area contributed by atoms with Gasteiger partial charge in [-0.3, -0.25) is 14.7 Å². The maximum Gasteiger partial charge on any atom is 0.249 e. The number of carbonyl (C=O) groups excluding carboxylic acids is 1. The van der Waals surface area contributed by atoms with Crippen LogP contribution < -0.4 is 5.32 Å². The third-order valence-electron chi connectivity index (χ3n) is 6.05. The molecule has 0 aromatic carbocycles. The maximum atomic E-state index is 12.5. The molecular formula is C20H29N3O3. The van der Waals surface area contributed by atoms with Gasteiger partial charge in [-0.05, 0) is 62.3 Å². The van der Waals surface area contributed by atoms with Gasteiger partial charge in [-0.1, -0.05) is 0 Å². The largest absolute Gasteiger partial charge is 0.381 e. The number of likely N-dealkylation sites (tertiary alicyclic amines) is 1. The summed E-state index contributed by atoms with van der Waals surface area (Å²) in [6, 6.07) is 4.59. The Bertz CT molecular complexity index is 591. The fourth-order valence-electron chi connectivity index (χ4n) is 4.50. The van der Waals surface area contributed by atoms with Crippen molar-refractivity contribution in [3.63, 3.8) is 0 Å². The van der Waals surface area contributed by atoms with Crippen LogP contribution in [-0.4, -0.2) is 66.9 Å². The highest BCUT2D eigenvalue weighted by molar-refractivity contribution is 5.81. The Morgan fingerprint density at radius 2 is 2.04 bits per heavy atom. The lowest BCUT2D eigenvalue weighted by atomic mass is 9.90. The molecule has 0 radical (unpaired) electrons. The summed E-state index contributed by atoms with van der Waals surface area (Å²) in [7, 11) is 0. The lowest BCUT2D eigenvalue weighted by Gasteiger charge is -2.40. The van der Waals surface area contributed by atoms with Crippen molar-refractivity contribution >= 4 is 5.91 Å². The number of nitrogens with zero attached hydrogens (tertiary/aromatic N) is 2. The van der Waals surface area contributed by atoms with E-state index in [2.05, 4.69) is 15.2 Å². The smallest absolute Gasteiger partial charge is 0.249 e. The SMILES string of the molecule is O=C(NCCc1ccncc1)[C@H]1C[C@@H]2CCN(C3CCOCC3)C[C@H]2O1. The van der Waals surface area contributed by atoms with Crippen LogP contribution in [0.3, 0.4) is 0 Å². The first kappa shape index (κ1) is 17.9. The number of carbonyl (C=O) groups is 1. The Hall–Kier alpha value is -1.50. The summed E-state index contributed by atoms with van der Waals surface area (Å²) in [5, 5.41) is 3.04. The summed E-state index contributed by atoms with van der Waals surface area (Å²) in [5.74, 6) is 0.577. The molecule has 142 valence electrons. The lowest BCUT2D eigenvalue weighted by Crippen LogP contribution is -2.49. The molecule has 0 aliphatic carbocycles. The molecule has 1 N–H and O–H groups in total. The minimum absolute atomic E-state index is 0.0473. The number of aromatic nitrogens is 1. The highest BCUT2D eigenvalue weighted by Gasteiger charge is 2.42. The Labute approximate surface area is 155 Å². The van der Waals surface area contributed by atoms with E-state index in [1.54, 1.807) is 12.4 Å². The summed E-state index contributed by atoms with van der Waals surface area (Å²) < 4.78 is 11.6. The van der Waals surface area contributed by atoms with Crippen molar-refractivity contribution in [3.05, 3.63) is 30.1 Å². The van der Waals surface area contributed by atoms with Gasteiger partial charge in [0.05, 0.1) is 6.10 Å². The van der Waals surface area contributed by atoms with E-state index in [1.807, 2.05) is 12.1 Å². The lowest BCUT2D eigenvalue weighted by molar-refractivity contribution is -0.133. The second-order valence-corrected chi connectivity index (χ2v) is 7.68. The van der Waals surface area contributed by atoms with Gasteiger partial charge in [-0.2, -0.15) is 0 Å². The number of amides is 1. The maximum absolute atomic E-state index is 12.5. The van der Waals surface area contributed by atoms with Crippen LogP contribution in [0.5, 0.6) is 0 Å². The molecule has 26 heavy (non-hydrogen) atoms. The first-order valence-corrected chi connectivity index (χ1v) is 9.93. The monoisotopic (exact) mass is 359 g/mol. The predicted octanol–water partition coefficient (Wildman–Crippen LogP) is 1.40. The van der Waals surface area contributed by atoms with E-state index in [-0.39, 0.29) is 18.1 Å². The summed E-state index contributed by atoms with van der Waals surface area (Å²) in [6.07, 6.45) is 8.58. The van der Waals surface area contributed by atoms with Crippen LogP contribution in [0, 0.1) is 5.92 Å². The van der Waals surface area contributed by atoms with Gasteiger partial charge in [0.2, 0.25) is 5.91 Å². The van der Waals surface area contributed by atoms with Crippen LogP contribution in [0.4, 0.5) is 0 Å². The first-order chi connectivity index (χ1) is 12.8. The van der Waals surface area contributed by atoms with E-state index >= 15 is 0 Å². The molecule has 0 saturated carbocycles. The van der Waals surface area contributed by atoms with Gasteiger partial charge < -0.3 is 14.8 Å². The number of ether oxygens (including phenoxy) is 2. The van der Waals surface area contributed by atoms with Gasteiger partial charge in [-0.15, -0.1) is 0 Å². The molecule has 3 fully saturated rings. The average molecular weight is 359 g/mol. The molecular weight excluding hydrogens is 330 g/mol. The molecule has 0 unspecified atom stereocenters. The van der Waals surface area contributed by atoms with Gasteiger partial charge in [0.1, 0.15) is 6.10 Å². The number of pyridine rings is 1. The molecule has 0 bridgehead atoms. The van der Waals surface area contributed by atoms with Gasteiger partial charge in [0.25, 0.3) is 0 Å². The molecule has 1 amide bonds. The van der Waals surface area contributed by atoms with E-state index in [1.165, 1.54) is 5.56 Å². The van der Waals surface area contributed by atoms with Gasteiger partial charge in [-0.25, -0.2) is 0 Å². The normalized spacial score (nSPS) is 30.1. The summed E-state index contributed by atoms with van der Waals surface area (Å²) in [5.41, 5.74) is 1.19. The minimum atomic E-state index is -0.280. The quantitative estimate of drug-likeness (QED) is 0.861. The van der Waals surface area contributed by atoms with E-state index in [4.69, 9.17) is 9.47 Å². The third-order valence-corrected chi connectivity index (χ3v) is 6.05. The molecule has 4 heterocycles. The van der Waals surface area contributed by atoms with Crippen molar-refractivity contribution in [2.24, 2.45) is 5.92 Å². The van der Waals surface area contributed by atoms with Crippen LogP contribution >= 0.6 is 0 Å². The van der Waals surface area contributed by atoms with Crippen molar-refractivity contribution in [1.82, 2.24) is 15.2 Å². The molecule has 3 atom stereocenters. The summed E-state index contributed by atoms with van der Waals surface area (Å²) in [6.45, 7) is 4.49. The summed E-state index contributed by atoms with van der Waals surface area (Å²) >= 11 is 0. The van der Waals surface area contributed by atoms with Gasteiger partial charge >= 0.3 is 0 Å². The van der Waals surface area contributed by atoms with Crippen LogP contribution in [0.1, 0.15) is 31.2 Å². The van der Waals surface area contributed by atoms with E-state index in [0.29, 0.717) is 18.5 Å². The molecule has 3 saturated heterocycles. The molecule has 6 heteroatoms. The number of hydrogen-bond donors (Lipinski definition) is 1. The number of hydrogen-bond acceptors (Lipinski definition) is 5. The highest BCUT2D eigenvalue weighted by Crippen LogP contribution is 2.34. The zero-order valence-electron chi connectivity index (χ0n) is 15.3. The molecule has 4 rings (SSSR count). The van der Waals surface area contributed by atoms with E-state index < -0.39 is 0 Å². The first-order valence-electron chi connectivity index (χ1n) is 9.93. The Balaban J connectivity index is 1.23. The standard InChI is InChI=1S/C20H29N3O3/c24-20(22-9-3-15-1-7-21-8-2-15)18-13-16-4-10-23(14-19(16)26-18)17-5-11-25-12-6-17/h1-2,7-8,16-19H,3-6,9-14H2,(H,22,24)/t16-,18+,19+/m0/s1. The topological polar surface area (TPSA) is 63.7 Å². The molecule has 1 aromatic heterocycles. The third kappa shape index (κ3) is 4.24. The van der Waals surface area contributed by atoms with Crippen molar-refractivity contribution in [1.29, 1.82) is 0 Å². The Morgan fingerprint density at radius 1 is 1.23 bits per heavy atom. The number of nitrogens with one attached hydrogen (secondary N) is 1. The molecule has 0 spiro atoms. The van der Waals surface area contributed by atoms with Crippen LogP contribution in [0.2, 0.25) is 0 Å². The zero-order valence-corrected chi connectivity index (χ0v) is 15.3.